The van der Waals surface area contributed by atoms with Crippen LogP contribution < -0.4 is 14.8 Å². The number of halogens is 3. The fourth-order valence-corrected chi connectivity index (χ4v) is 4.28. The molecule has 1 amide bonds. The number of amides is 1. The number of benzene rings is 3. The minimum atomic E-state index is -4.71. The van der Waals surface area contributed by atoms with E-state index in [1.165, 1.54) is 6.07 Å². The Morgan fingerprint density at radius 1 is 1.06 bits per heavy atom. The standard InChI is InChI=1S/C23H17F3N2O5S/c24-23(25,26)14-9-10-21(17(11-14)28(30)31)34-20-8-4-1-5-16(20)22(29)27-12-15-13-32-18-6-2-3-7-19(18)33-15/h1-11,15H,12-13H2,(H,27,29)/t15-/m0/s1. The number of nitro groups is 1. The fraction of sp³-hybridized carbons (Fsp3) is 0.174. The summed E-state index contributed by atoms with van der Waals surface area (Å²) < 4.78 is 50.4. The molecule has 3 aromatic rings. The molecule has 176 valence electrons. The highest BCUT2D eigenvalue weighted by Crippen LogP contribution is 2.40. The van der Waals surface area contributed by atoms with Crippen LogP contribution in [-0.2, 0) is 6.18 Å². The average Bonchev–Trinajstić information content (AvgIpc) is 2.82. The second kappa shape index (κ2) is 9.64. The summed E-state index contributed by atoms with van der Waals surface area (Å²) in [5, 5.41) is 14.1. The predicted octanol–water partition coefficient (Wildman–Crippen LogP) is 5.33. The molecule has 3 aromatic carbocycles. The molecule has 0 radical (unpaired) electrons. The van der Waals surface area contributed by atoms with Crippen molar-refractivity contribution in [1.29, 1.82) is 0 Å². The van der Waals surface area contributed by atoms with E-state index >= 15 is 0 Å². The molecule has 1 atom stereocenters. The van der Waals surface area contributed by atoms with Crippen LogP contribution >= 0.6 is 11.8 Å². The number of hydrogen-bond donors (Lipinski definition) is 1. The number of rotatable bonds is 6. The maximum absolute atomic E-state index is 13.0. The number of alkyl halides is 3. The third-order valence-electron chi connectivity index (χ3n) is 4.89. The van der Waals surface area contributed by atoms with Gasteiger partial charge >= 0.3 is 6.18 Å². The number of ether oxygens (including phenoxy) is 2. The van der Waals surface area contributed by atoms with Gasteiger partial charge in [0.15, 0.2) is 11.5 Å². The van der Waals surface area contributed by atoms with E-state index in [0.29, 0.717) is 22.5 Å². The van der Waals surface area contributed by atoms with Gasteiger partial charge in [0.1, 0.15) is 12.7 Å². The Hall–Kier alpha value is -3.73. The van der Waals surface area contributed by atoms with Crippen LogP contribution in [0.3, 0.4) is 0 Å². The highest BCUT2D eigenvalue weighted by atomic mass is 32.2. The summed E-state index contributed by atoms with van der Waals surface area (Å²) in [6.07, 6.45) is -5.13. The van der Waals surface area contributed by atoms with Crippen LogP contribution in [0, 0.1) is 10.1 Å². The number of nitro benzene ring substituents is 1. The minimum Gasteiger partial charge on any atom is -0.486 e. The lowest BCUT2D eigenvalue weighted by Gasteiger charge is -2.26. The predicted molar refractivity (Wildman–Crippen MR) is 117 cm³/mol. The van der Waals surface area contributed by atoms with Gasteiger partial charge in [-0.25, -0.2) is 0 Å². The van der Waals surface area contributed by atoms with Crippen molar-refractivity contribution in [2.75, 3.05) is 13.2 Å². The molecular formula is C23H17F3N2O5S. The van der Waals surface area contributed by atoms with Crippen LogP contribution in [0.1, 0.15) is 15.9 Å². The van der Waals surface area contributed by atoms with Crippen molar-refractivity contribution in [3.63, 3.8) is 0 Å². The highest BCUT2D eigenvalue weighted by molar-refractivity contribution is 7.99. The van der Waals surface area contributed by atoms with E-state index in [9.17, 15) is 28.1 Å². The van der Waals surface area contributed by atoms with Crippen molar-refractivity contribution in [3.05, 3.63) is 88.0 Å². The number of nitrogens with zero attached hydrogens (tertiary/aromatic N) is 1. The molecule has 0 saturated carbocycles. The monoisotopic (exact) mass is 490 g/mol. The highest BCUT2D eigenvalue weighted by Gasteiger charge is 2.33. The van der Waals surface area contributed by atoms with Gasteiger partial charge in [-0.1, -0.05) is 36.0 Å². The van der Waals surface area contributed by atoms with Crippen LogP contribution in [-0.4, -0.2) is 30.1 Å². The van der Waals surface area contributed by atoms with E-state index in [-0.39, 0.29) is 23.6 Å². The van der Waals surface area contributed by atoms with Crippen LogP contribution in [0.2, 0.25) is 0 Å². The van der Waals surface area contributed by atoms with E-state index in [1.807, 2.05) is 6.07 Å². The Balaban J connectivity index is 1.49. The van der Waals surface area contributed by atoms with E-state index in [1.54, 1.807) is 36.4 Å². The first-order valence-electron chi connectivity index (χ1n) is 10.0. The number of para-hydroxylation sites is 2. The Morgan fingerprint density at radius 2 is 1.76 bits per heavy atom. The van der Waals surface area contributed by atoms with Crippen molar-refractivity contribution in [1.82, 2.24) is 5.32 Å². The summed E-state index contributed by atoms with van der Waals surface area (Å²) in [6.45, 7) is 0.387. The number of carbonyl (C=O) groups excluding carboxylic acids is 1. The van der Waals surface area contributed by atoms with Crippen LogP contribution in [0.25, 0.3) is 0 Å². The largest absolute Gasteiger partial charge is 0.486 e. The third-order valence-corrected chi connectivity index (χ3v) is 6.03. The van der Waals surface area contributed by atoms with Gasteiger partial charge in [0, 0.05) is 11.0 Å². The number of hydrogen-bond acceptors (Lipinski definition) is 6. The van der Waals surface area contributed by atoms with E-state index in [2.05, 4.69) is 5.32 Å². The van der Waals surface area contributed by atoms with Crippen LogP contribution in [0.15, 0.2) is 76.5 Å². The summed E-state index contributed by atoms with van der Waals surface area (Å²) in [4.78, 5) is 23.7. The Morgan fingerprint density at radius 3 is 2.50 bits per heavy atom. The molecule has 7 nitrogen and oxygen atoms in total. The fourth-order valence-electron chi connectivity index (χ4n) is 3.25. The van der Waals surface area contributed by atoms with Gasteiger partial charge < -0.3 is 14.8 Å². The molecular weight excluding hydrogens is 473 g/mol. The summed E-state index contributed by atoms with van der Waals surface area (Å²) >= 11 is 0.843. The molecule has 0 fully saturated rings. The number of nitrogens with one attached hydrogen (secondary N) is 1. The maximum atomic E-state index is 13.0. The Labute approximate surface area is 196 Å². The van der Waals surface area contributed by atoms with Crippen molar-refractivity contribution in [2.45, 2.75) is 22.1 Å². The molecule has 1 aliphatic rings. The molecule has 0 saturated heterocycles. The first-order valence-corrected chi connectivity index (χ1v) is 10.8. The lowest BCUT2D eigenvalue weighted by atomic mass is 10.2. The van der Waals surface area contributed by atoms with Crippen LogP contribution in [0.5, 0.6) is 11.5 Å². The minimum absolute atomic E-state index is 0.0149. The zero-order valence-electron chi connectivity index (χ0n) is 17.4. The molecule has 0 aliphatic carbocycles. The quantitative estimate of drug-likeness (QED) is 0.371. The van der Waals surface area contributed by atoms with Gasteiger partial charge in [-0.05, 0) is 36.4 Å². The van der Waals surface area contributed by atoms with Crippen molar-refractivity contribution in [2.24, 2.45) is 0 Å². The summed E-state index contributed by atoms with van der Waals surface area (Å²) in [7, 11) is 0. The van der Waals surface area contributed by atoms with Gasteiger partial charge in [0.2, 0.25) is 0 Å². The summed E-state index contributed by atoms with van der Waals surface area (Å²) in [6, 6.07) is 15.8. The van der Waals surface area contributed by atoms with Crippen molar-refractivity contribution < 1.29 is 32.4 Å². The van der Waals surface area contributed by atoms with Crippen molar-refractivity contribution in [3.8, 4) is 11.5 Å². The average molecular weight is 490 g/mol. The smallest absolute Gasteiger partial charge is 0.416 e. The van der Waals surface area contributed by atoms with E-state index < -0.39 is 34.4 Å². The molecule has 1 N–H and O–H groups in total. The molecule has 4 rings (SSSR count). The molecule has 0 spiro atoms. The second-order valence-corrected chi connectivity index (χ2v) is 8.33. The Bertz CT molecular complexity index is 1240. The van der Waals surface area contributed by atoms with E-state index in [0.717, 1.165) is 23.9 Å². The lowest BCUT2D eigenvalue weighted by Crippen LogP contribution is -2.40. The summed E-state index contributed by atoms with van der Waals surface area (Å²) in [5.41, 5.74) is -1.59. The molecule has 11 heteroatoms. The summed E-state index contributed by atoms with van der Waals surface area (Å²) in [5.74, 6) is 0.726. The molecule has 0 bridgehead atoms. The lowest BCUT2D eigenvalue weighted by molar-refractivity contribution is -0.388. The second-order valence-electron chi connectivity index (χ2n) is 7.24. The molecule has 34 heavy (non-hydrogen) atoms. The van der Waals surface area contributed by atoms with E-state index in [4.69, 9.17) is 9.47 Å². The van der Waals surface area contributed by atoms with Crippen molar-refractivity contribution >= 4 is 23.4 Å². The zero-order valence-corrected chi connectivity index (χ0v) is 18.2. The molecule has 0 unspecified atom stereocenters. The van der Waals surface area contributed by atoms with Gasteiger partial charge in [0.25, 0.3) is 11.6 Å². The maximum Gasteiger partial charge on any atom is 0.416 e. The third kappa shape index (κ3) is 5.25. The topological polar surface area (TPSA) is 90.7 Å². The Kier molecular flexibility index (Phi) is 6.64. The molecule has 1 heterocycles. The number of carbonyl (C=O) groups is 1. The first-order chi connectivity index (χ1) is 16.2. The van der Waals surface area contributed by atoms with Gasteiger partial charge in [0.05, 0.1) is 27.5 Å². The molecule has 0 aromatic heterocycles. The molecule has 1 aliphatic heterocycles. The SMILES string of the molecule is O=C(NC[C@H]1COc2ccccc2O1)c1ccccc1Sc1ccc(C(F)(F)F)cc1[N+](=O)[O-]. The van der Waals surface area contributed by atoms with Gasteiger partial charge in [-0.15, -0.1) is 0 Å². The number of fused-ring (bicyclic) bond motifs is 1. The van der Waals surface area contributed by atoms with Crippen LogP contribution in [0.4, 0.5) is 18.9 Å². The zero-order chi connectivity index (χ0) is 24.3. The van der Waals surface area contributed by atoms with Gasteiger partial charge in [-0.2, -0.15) is 13.2 Å². The van der Waals surface area contributed by atoms with Gasteiger partial charge in [-0.3, -0.25) is 14.9 Å². The normalized spacial score (nSPS) is 15.0. The first kappa shape index (κ1) is 23.4.